The summed E-state index contributed by atoms with van der Waals surface area (Å²) in [5.41, 5.74) is 6.17. The lowest BCUT2D eigenvalue weighted by Crippen LogP contribution is -2.26. The molecule has 0 atom stereocenters. The van der Waals surface area contributed by atoms with Crippen LogP contribution in [-0.4, -0.2) is 34.3 Å². The van der Waals surface area contributed by atoms with Crippen LogP contribution in [0.25, 0.3) is 0 Å². The monoisotopic (exact) mass is 207 g/mol. The normalized spacial score (nSPS) is 16.5. The minimum atomic E-state index is 0.0624. The summed E-state index contributed by atoms with van der Waals surface area (Å²) in [6.07, 6.45) is 3.84. The SMILES string of the molecule is CN(c1nnccc1/C(N)=N/O)C1CC1. The average Bonchev–Trinajstić information content (AvgIpc) is 3.11. The molecule has 3 N–H and O–H groups in total. The summed E-state index contributed by atoms with van der Waals surface area (Å²) >= 11 is 0. The van der Waals surface area contributed by atoms with Gasteiger partial charge in [0, 0.05) is 13.1 Å². The van der Waals surface area contributed by atoms with E-state index in [-0.39, 0.29) is 5.84 Å². The topological polar surface area (TPSA) is 87.6 Å². The molecule has 1 saturated carbocycles. The molecule has 15 heavy (non-hydrogen) atoms. The van der Waals surface area contributed by atoms with Crippen molar-refractivity contribution in [2.24, 2.45) is 10.9 Å². The van der Waals surface area contributed by atoms with E-state index in [1.165, 1.54) is 6.20 Å². The minimum Gasteiger partial charge on any atom is -0.409 e. The van der Waals surface area contributed by atoms with Crippen LogP contribution < -0.4 is 10.6 Å². The summed E-state index contributed by atoms with van der Waals surface area (Å²) in [7, 11) is 1.94. The lowest BCUT2D eigenvalue weighted by molar-refractivity contribution is 0.318. The maximum Gasteiger partial charge on any atom is 0.173 e. The van der Waals surface area contributed by atoms with E-state index in [9.17, 15) is 0 Å². The van der Waals surface area contributed by atoms with Crippen molar-refractivity contribution in [2.45, 2.75) is 18.9 Å². The first-order chi connectivity index (χ1) is 7.24. The van der Waals surface area contributed by atoms with Crippen molar-refractivity contribution in [3.8, 4) is 0 Å². The van der Waals surface area contributed by atoms with Crippen LogP contribution in [0.1, 0.15) is 18.4 Å². The van der Waals surface area contributed by atoms with Crippen LogP contribution in [0.15, 0.2) is 17.4 Å². The van der Waals surface area contributed by atoms with Crippen molar-refractivity contribution < 1.29 is 5.21 Å². The molecule has 1 fully saturated rings. The zero-order chi connectivity index (χ0) is 10.8. The third-order valence-electron chi connectivity index (χ3n) is 2.51. The molecule has 80 valence electrons. The fourth-order valence-corrected chi connectivity index (χ4v) is 1.47. The molecule has 1 heterocycles. The first-order valence-electron chi connectivity index (χ1n) is 4.76. The number of nitrogens with two attached hydrogens (primary N) is 1. The standard InChI is InChI=1S/C9H13N5O/c1-14(6-2-3-6)9-7(8(10)13-15)4-5-11-12-9/h4-6,15H,2-3H2,1H3,(H2,10,13). The van der Waals surface area contributed by atoms with Crippen LogP contribution in [0.4, 0.5) is 5.82 Å². The highest BCUT2D eigenvalue weighted by Crippen LogP contribution is 2.30. The molecule has 0 spiro atoms. The van der Waals surface area contributed by atoms with Gasteiger partial charge in [-0.25, -0.2) is 0 Å². The molecule has 6 heteroatoms. The Bertz CT molecular complexity index is 388. The number of hydrogen-bond acceptors (Lipinski definition) is 5. The van der Waals surface area contributed by atoms with E-state index < -0.39 is 0 Å². The number of hydrogen-bond donors (Lipinski definition) is 2. The number of rotatable bonds is 3. The molecule has 0 radical (unpaired) electrons. The molecule has 6 nitrogen and oxygen atoms in total. The first-order valence-corrected chi connectivity index (χ1v) is 4.76. The fraction of sp³-hybridized carbons (Fsp3) is 0.444. The van der Waals surface area contributed by atoms with Gasteiger partial charge < -0.3 is 15.8 Å². The second-order valence-corrected chi connectivity index (χ2v) is 3.60. The molecule has 1 aliphatic rings. The molecule has 1 aromatic rings. The third-order valence-corrected chi connectivity index (χ3v) is 2.51. The summed E-state index contributed by atoms with van der Waals surface area (Å²) in [4.78, 5) is 2.01. The molecule has 0 saturated heterocycles. The first kappa shape index (κ1) is 9.70. The summed E-state index contributed by atoms with van der Waals surface area (Å²) in [5.74, 6) is 0.725. The molecule has 1 aliphatic carbocycles. The highest BCUT2D eigenvalue weighted by molar-refractivity contribution is 6.01. The van der Waals surface area contributed by atoms with Crippen molar-refractivity contribution in [3.05, 3.63) is 17.8 Å². The molecule has 0 aromatic carbocycles. The van der Waals surface area contributed by atoms with E-state index in [0.29, 0.717) is 17.4 Å². The smallest absolute Gasteiger partial charge is 0.173 e. The predicted molar refractivity (Wildman–Crippen MR) is 56.0 cm³/mol. The Labute approximate surface area is 87.4 Å². The van der Waals surface area contributed by atoms with Gasteiger partial charge in [0.1, 0.15) is 0 Å². The number of nitrogens with zero attached hydrogens (tertiary/aromatic N) is 4. The average molecular weight is 207 g/mol. The molecule has 0 amide bonds. The van der Waals surface area contributed by atoms with Gasteiger partial charge in [-0.15, -0.1) is 5.10 Å². The number of anilines is 1. The van der Waals surface area contributed by atoms with Crippen molar-refractivity contribution in [3.63, 3.8) is 0 Å². The minimum absolute atomic E-state index is 0.0624. The van der Waals surface area contributed by atoms with Gasteiger partial charge in [-0.1, -0.05) is 5.16 Å². The van der Waals surface area contributed by atoms with Gasteiger partial charge in [0.2, 0.25) is 0 Å². The van der Waals surface area contributed by atoms with Gasteiger partial charge in [0.25, 0.3) is 0 Å². The van der Waals surface area contributed by atoms with Crippen molar-refractivity contribution in [1.82, 2.24) is 10.2 Å². The molecule has 0 aliphatic heterocycles. The van der Waals surface area contributed by atoms with Crippen LogP contribution in [0, 0.1) is 0 Å². The lowest BCUT2D eigenvalue weighted by atomic mass is 10.2. The number of amidine groups is 1. The van der Waals surface area contributed by atoms with E-state index in [4.69, 9.17) is 10.9 Å². The molecule has 0 bridgehead atoms. The summed E-state index contributed by atoms with van der Waals surface area (Å²) < 4.78 is 0. The number of oxime groups is 1. The summed E-state index contributed by atoms with van der Waals surface area (Å²) in [6.45, 7) is 0. The van der Waals surface area contributed by atoms with Gasteiger partial charge in [-0.2, -0.15) is 5.10 Å². The van der Waals surface area contributed by atoms with Crippen LogP contribution >= 0.6 is 0 Å². The second-order valence-electron chi connectivity index (χ2n) is 3.60. The zero-order valence-corrected chi connectivity index (χ0v) is 8.46. The van der Waals surface area contributed by atoms with E-state index in [1.54, 1.807) is 6.07 Å². The molecule has 1 aromatic heterocycles. The van der Waals surface area contributed by atoms with Crippen molar-refractivity contribution >= 4 is 11.7 Å². The van der Waals surface area contributed by atoms with Gasteiger partial charge >= 0.3 is 0 Å². The fourth-order valence-electron chi connectivity index (χ4n) is 1.47. The van der Waals surface area contributed by atoms with E-state index in [2.05, 4.69) is 15.4 Å². The Balaban J connectivity index is 2.36. The van der Waals surface area contributed by atoms with Crippen LogP contribution in [0.3, 0.4) is 0 Å². The summed E-state index contributed by atoms with van der Waals surface area (Å²) in [6, 6.07) is 2.20. The van der Waals surface area contributed by atoms with E-state index in [1.807, 2.05) is 11.9 Å². The Morgan fingerprint density at radius 1 is 1.67 bits per heavy atom. The predicted octanol–water partition coefficient (Wildman–Crippen LogP) is 0.170. The number of aromatic nitrogens is 2. The molecular formula is C9H13N5O. The van der Waals surface area contributed by atoms with Crippen LogP contribution in [0.2, 0.25) is 0 Å². The third kappa shape index (κ3) is 1.83. The maximum atomic E-state index is 8.64. The quantitative estimate of drug-likeness (QED) is 0.319. The Morgan fingerprint density at radius 3 is 3.00 bits per heavy atom. The Hall–Kier alpha value is -1.85. The van der Waals surface area contributed by atoms with Crippen molar-refractivity contribution in [2.75, 3.05) is 11.9 Å². The lowest BCUT2D eigenvalue weighted by Gasteiger charge is -2.18. The van der Waals surface area contributed by atoms with E-state index >= 15 is 0 Å². The van der Waals surface area contributed by atoms with E-state index in [0.717, 1.165) is 12.8 Å². The molecular weight excluding hydrogens is 194 g/mol. The van der Waals surface area contributed by atoms with Crippen molar-refractivity contribution in [1.29, 1.82) is 0 Å². The highest BCUT2D eigenvalue weighted by Gasteiger charge is 2.29. The highest BCUT2D eigenvalue weighted by atomic mass is 16.4. The Kier molecular flexibility index (Phi) is 2.40. The van der Waals surface area contributed by atoms with Gasteiger partial charge in [-0.3, -0.25) is 0 Å². The zero-order valence-electron chi connectivity index (χ0n) is 8.46. The Morgan fingerprint density at radius 2 is 2.40 bits per heavy atom. The summed E-state index contributed by atoms with van der Waals surface area (Å²) in [5, 5.41) is 19.4. The van der Waals surface area contributed by atoms with Gasteiger partial charge in [0.05, 0.1) is 11.8 Å². The van der Waals surface area contributed by atoms with Crippen LogP contribution in [0.5, 0.6) is 0 Å². The second kappa shape index (κ2) is 3.72. The molecule has 2 rings (SSSR count). The molecule has 0 unspecified atom stereocenters. The maximum absolute atomic E-state index is 8.64. The van der Waals surface area contributed by atoms with Gasteiger partial charge in [-0.05, 0) is 18.9 Å². The van der Waals surface area contributed by atoms with Crippen LogP contribution in [-0.2, 0) is 0 Å². The largest absolute Gasteiger partial charge is 0.409 e. The van der Waals surface area contributed by atoms with Gasteiger partial charge in [0.15, 0.2) is 11.7 Å².